The van der Waals surface area contributed by atoms with Crippen LogP contribution in [-0.4, -0.2) is 10.7 Å². The van der Waals surface area contributed by atoms with Crippen molar-refractivity contribution in [3.05, 3.63) is 38.4 Å². The summed E-state index contributed by atoms with van der Waals surface area (Å²) in [6.45, 7) is 2.98. The molecule has 0 saturated carbocycles. The van der Waals surface area contributed by atoms with E-state index in [9.17, 15) is 14.9 Å². The molecule has 0 radical (unpaired) electrons. The maximum absolute atomic E-state index is 11.1. The van der Waals surface area contributed by atoms with Crippen LogP contribution in [0.2, 0.25) is 5.02 Å². The molecule has 0 N–H and O–H groups in total. The molecule has 1 aromatic rings. The molecule has 0 atom stereocenters. The number of ketones is 1. The summed E-state index contributed by atoms with van der Waals surface area (Å²) in [5, 5.41) is 10.9. The third-order valence-electron chi connectivity index (χ3n) is 1.85. The summed E-state index contributed by atoms with van der Waals surface area (Å²) in [5.41, 5.74) is 0.507. The van der Waals surface area contributed by atoms with Gasteiger partial charge in [0, 0.05) is 6.07 Å². The van der Waals surface area contributed by atoms with Crippen molar-refractivity contribution in [3.63, 3.8) is 0 Å². The van der Waals surface area contributed by atoms with E-state index in [0.717, 1.165) is 0 Å². The van der Waals surface area contributed by atoms with Gasteiger partial charge in [0.25, 0.3) is 5.69 Å². The Morgan fingerprint density at radius 3 is 2.50 bits per heavy atom. The second kappa shape index (κ2) is 3.75. The number of nitrogens with zero attached hydrogens (tertiary/aromatic N) is 1. The van der Waals surface area contributed by atoms with E-state index >= 15 is 0 Å². The fourth-order valence-electron chi connectivity index (χ4n) is 1.10. The molecule has 0 amide bonds. The van der Waals surface area contributed by atoms with Crippen LogP contribution < -0.4 is 0 Å². The number of carbonyl (C=O) groups excluding carboxylic acids is 1. The van der Waals surface area contributed by atoms with Crippen molar-refractivity contribution in [2.75, 3.05) is 0 Å². The van der Waals surface area contributed by atoms with Crippen LogP contribution in [0.25, 0.3) is 0 Å². The van der Waals surface area contributed by atoms with Crippen molar-refractivity contribution >= 4 is 23.1 Å². The molecule has 0 aliphatic heterocycles. The topological polar surface area (TPSA) is 60.2 Å². The highest BCUT2D eigenvalue weighted by Gasteiger charge is 2.18. The van der Waals surface area contributed by atoms with Crippen molar-refractivity contribution < 1.29 is 9.72 Å². The quantitative estimate of drug-likeness (QED) is 0.431. The van der Waals surface area contributed by atoms with Crippen LogP contribution in [0.5, 0.6) is 0 Å². The lowest BCUT2D eigenvalue weighted by atomic mass is 10.1. The van der Waals surface area contributed by atoms with Crippen LogP contribution in [0, 0.1) is 17.0 Å². The van der Waals surface area contributed by atoms with E-state index in [2.05, 4.69) is 0 Å². The first kappa shape index (κ1) is 10.7. The molecule has 14 heavy (non-hydrogen) atoms. The largest absolute Gasteiger partial charge is 0.294 e. The summed E-state index contributed by atoms with van der Waals surface area (Å²) < 4.78 is 0. The van der Waals surface area contributed by atoms with E-state index in [0.29, 0.717) is 10.6 Å². The van der Waals surface area contributed by atoms with Gasteiger partial charge < -0.3 is 0 Å². The third-order valence-corrected chi connectivity index (χ3v) is 2.26. The smallest absolute Gasteiger partial charge is 0.281 e. The van der Waals surface area contributed by atoms with Gasteiger partial charge in [-0.15, -0.1) is 0 Å². The third kappa shape index (κ3) is 1.90. The van der Waals surface area contributed by atoms with Crippen molar-refractivity contribution in [2.45, 2.75) is 13.8 Å². The highest BCUT2D eigenvalue weighted by Crippen LogP contribution is 2.26. The number of aryl methyl sites for hydroxylation is 1. The highest BCUT2D eigenvalue weighted by atomic mass is 35.5. The number of nitro groups is 1. The Bertz CT molecular complexity index is 376. The summed E-state index contributed by atoms with van der Waals surface area (Å²) in [4.78, 5) is 21.1. The molecule has 0 aliphatic carbocycles. The van der Waals surface area contributed by atoms with E-state index in [1.165, 1.54) is 19.1 Å². The predicted molar refractivity (Wildman–Crippen MR) is 52.8 cm³/mol. The number of Topliss-reactive ketones (excluding diaryl/α,β-unsaturated/α-hetero) is 1. The SMILES string of the molecule is CC(=O)c1cc(C)c(Cl)cc1[N+](=O)[O-]. The monoisotopic (exact) mass is 213 g/mol. The number of hydrogen-bond donors (Lipinski definition) is 0. The van der Waals surface area contributed by atoms with E-state index in [-0.39, 0.29) is 17.0 Å². The molecule has 0 aliphatic rings. The van der Waals surface area contributed by atoms with Gasteiger partial charge >= 0.3 is 0 Å². The van der Waals surface area contributed by atoms with Gasteiger partial charge in [-0.25, -0.2) is 0 Å². The van der Waals surface area contributed by atoms with Crippen molar-refractivity contribution in [1.29, 1.82) is 0 Å². The molecule has 0 bridgehead atoms. The van der Waals surface area contributed by atoms with Crippen molar-refractivity contribution in [1.82, 2.24) is 0 Å². The standard InChI is InChI=1S/C9H8ClNO3/c1-5-3-7(6(2)12)9(11(13)14)4-8(5)10/h3-4H,1-2H3. The number of halogens is 1. The van der Waals surface area contributed by atoms with Crippen LogP contribution in [0.3, 0.4) is 0 Å². The molecule has 1 aromatic carbocycles. The zero-order chi connectivity index (χ0) is 10.9. The van der Waals surface area contributed by atoms with Crippen LogP contribution in [0.15, 0.2) is 12.1 Å². The average Bonchev–Trinajstić information content (AvgIpc) is 2.08. The van der Waals surface area contributed by atoms with Gasteiger partial charge in [-0.3, -0.25) is 14.9 Å². The number of benzene rings is 1. The predicted octanol–water partition coefficient (Wildman–Crippen LogP) is 2.76. The Morgan fingerprint density at radius 2 is 2.07 bits per heavy atom. The van der Waals surface area contributed by atoms with Gasteiger partial charge in [0.2, 0.25) is 0 Å². The zero-order valence-electron chi connectivity index (χ0n) is 7.70. The maximum Gasteiger partial charge on any atom is 0.281 e. The van der Waals surface area contributed by atoms with Crippen LogP contribution in [0.4, 0.5) is 5.69 Å². The van der Waals surface area contributed by atoms with E-state index in [4.69, 9.17) is 11.6 Å². The lowest BCUT2D eigenvalue weighted by molar-refractivity contribution is -0.385. The van der Waals surface area contributed by atoms with E-state index < -0.39 is 4.92 Å². The van der Waals surface area contributed by atoms with Crippen LogP contribution in [0.1, 0.15) is 22.8 Å². The Hall–Kier alpha value is -1.42. The first-order chi connectivity index (χ1) is 6.43. The first-order valence-electron chi connectivity index (χ1n) is 3.89. The fraction of sp³-hybridized carbons (Fsp3) is 0.222. The Balaban J connectivity index is 3.46. The Labute approximate surface area is 85.6 Å². The van der Waals surface area contributed by atoms with Crippen LogP contribution in [-0.2, 0) is 0 Å². The molecule has 74 valence electrons. The molecule has 1 rings (SSSR count). The normalized spacial score (nSPS) is 9.93. The molecule has 0 heterocycles. The molecule has 5 heteroatoms. The Morgan fingerprint density at radius 1 is 1.50 bits per heavy atom. The molecular weight excluding hydrogens is 206 g/mol. The summed E-state index contributed by atoms with van der Waals surface area (Å²) in [7, 11) is 0. The van der Waals surface area contributed by atoms with E-state index in [1.54, 1.807) is 6.92 Å². The second-order valence-electron chi connectivity index (χ2n) is 2.93. The van der Waals surface area contributed by atoms with Gasteiger partial charge in [0.1, 0.15) is 0 Å². The van der Waals surface area contributed by atoms with Gasteiger partial charge in [-0.1, -0.05) is 11.6 Å². The molecule has 4 nitrogen and oxygen atoms in total. The van der Waals surface area contributed by atoms with Crippen LogP contribution >= 0.6 is 11.6 Å². The number of hydrogen-bond acceptors (Lipinski definition) is 3. The molecule has 0 spiro atoms. The minimum atomic E-state index is -0.609. The summed E-state index contributed by atoms with van der Waals surface area (Å²) in [6, 6.07) is 2.64. The lowest BCUT2D eigenvalue weighted by Gasteiger charge is -2.02. The highest BCUT2D eigenvalue weighted by molar-refractivity contribution is 6.31. The maximum atomic E-state index is 11.1. The van der Waals surface area contributed by atoms with E-state index in [1.807, 2.05) is 0 Å². The number of carbonyl (C=O) groups is 1. The first-order valence-corrected chi connectivity index (χ1v) is 4.26. The zero-order valence-corrected chi connectivity index (χ0v) is 8.46. The van der Waals surface area contributed by atoms with Crippen molar-refractivity contribution in [3.8, 4) is 0 Å². The Kier molecular flexibility index (Phi) is 2.86. The summed E-state index contributed by atoms with van der Waals surface area (Å²) in [6.07, 6.45) is 0. The molecule has 0 aromatic heterocycles. The molecule has 0 saturated heterocycles. The second-order valence-corrected chi connectivity index (χ2v) is 3.34. The summed E-state index contributed by atoms with van der Waals surface area (Å²) >= 11 is 5.72. The minimum Gasteiger partial charge on any atom is -0.294 e. The van der Waals surface area contributed by atoms with Crippen molar-refractivity contribution in [2.24, 2.45) is 0 Å². The van der Waals surface area contributed by atoms with Gasteiger partial charge in [-0.2, -0.15) is 0 Å². The average molecular weight is 214 g/mol. The molecular formula is C9H8ClNO3. The van der Waals surface area contributed by atoms with Gasteiger partial charge in [0.05, 0.1) is 15.5 Å². The summed E-state index contributed by atoms with van der Waals surface area (Å²) in [5.74, 6) is -0.337. The fourth-order valence-corrected chi connectivity index (χ4v) is 1.26. The van der Waals surface area contributed by atoms with Gasteiger partial charge in [0.15, 0.2) is 5.78 Å². The number of rotatable bonds is 2. The van der Waals surface area contributed by atoms with Gasteiger partial charge in [-0.05, 0) is 25.5 Å². The molecule has 0 unspecified atom stereocenters. The minimum absolute atomic E-state index is 0.0944. The lowest BCUT2D eigenvalue weighted by Crippen LogP contribution is -2.00. The number of nitro benzene ring substituents is 1. The molecule has 0 fully saturated rings.